The molecule has 5 rings (SSSR count). The van der Waals surface area contributed by atoms with Crippen molar-refractivity contribution in [3.63, 3.8) is 0 Å². The number of halogens is 8. The van der Waals surface area contributed by atoms with Crippen molar-refractivity contribution in [2.75, 3.05) is 51.8 Å². The number of nitrogens with one attached hydrogen (secondary N) is 1. The molecule has 0 atom stereocenters. The van der Waals surface area contributed by atoms with Crippen molar-refractivity contribution in [1.29, 1.82) is 0 Å². The number of aromatic nitrogens is 1. The van der Waals surface area contributed by atoms with Gasteiger partial charge in [0.25, 0.3) is 11.8 Å². The van der Waals surface area contributed by atoms with Crippen molar-refractivity contribution in [2.45, 2.75) is 38.3 Å². The highest BCUT2D eigenvalue weighted by Gasteiger charge is 2.46. The molecule has 0 radical (unpaired) electrons. The van der Waals surface area contributed by atoms with Crippen LogP contribution in [0.1, 0.15) is 30.7 Å². The molecule has 280 valence electrons. The van der Waals surface area contributed by atoms with E-state index >= 15 is 8.78 Å². The van der Waals surface area contributed by atoms with Crippen molar-refractivity contribution in [3.8, 4) is 16.9 Å². The largest absolute Gasteiger partial charge is 0.509 e. The SMILES string of the molecule is CN1N(Cc2ccc(OCCN3CCOCC3)c(F)c2F)C(=O)C(C(=O)Nc2ccc(C(F)(F)F)cc2-c2ccc(C(F)(F)F)nc2)=C(O)C1(C)C. The normalized spacial score (nSPS) is 17.4. The molecule has 0 saturated carbocycles. The van der Waals surface area contributed by atoms with Crippen molar-refractivity contribution in [2.24, 2.45) is 0 Å². The molecule has 2 aromatic carbocycles. The van der Waals surface area contributed by atoms with Crippen LogP contribution in [0.5, 0.6) is 5.75 Å². The second-order valence-corrected chi connectivity index (χ2v) is 12.5. The minimum absolute atomic E-state index is 0.0653. The van der Waals surface area contributed by atoms with Gasteiger partial charge in [-0.15, -0.1) is 0 Å². The number of morpholine rings is 1. The van der Waals surface area contributed by atoms with E-state index in [1.165, 1.54) is 38.0 Å². The van der Waals surface area contributed by atoms with Gasteiger partial charge in [-0.1, -0.05) is 12.1 Å². The van der Waals surface area contributed by atoms with E-state index in [-0.39, 0.29) is 29.2 Å². The van der Waals surface area contributed by atoms with Gasteiger partial charge < -0.3 is 19.9 Å². The molecule has 0 spiro atoms. The first kappa shape index (κ1) is 38.4. The van der Waals surface area contributed by atoms with Gasteiger partial charge >= 0.3 is 12.4 Å². The molecule has 1 aromatic heterocycles. The van der Waals surface area contributed by atoms with Gasteiger partial charge in [-0.3, -0.25) is 24.5 Å². The number of aliphatic hydroxyl groups is 1. The minimum atomic E-state index is -4.88. The molecule has 2 aliphatic heterocycles. The van der Waals surface area contributed by atoms with Gasteiger partial charge in [0.15, 0.2) is 11.6 Å². The lowest BCUT2D eigenvalue weighted by molar-refractivity contribution is -0.160. The Labute approximate surface area is 292 Å². The maximum absolute atomic E-state index is 15.4. The standard InChI is InChI=1S/C34H33F8N5O5/c1-32(2)29(48)26(30(49)44-23-7-6-21(33(37,38)39)16-22(23)19-5-9-25(43-17-19)34(40,41)42)31(50)47(45(32)3)18-20-4-8-24(28(36)27(20)35)52-15-12-46-10-13-51-14-11-46/h4-9,16-17,48H,10-15,18H2,1-3H3,(H,44,49). The summed E-state index contributed by atoms with van der Waals surface area (Å²) in [5, 5.41) is 15.5. The van der Waals surface area contributed by atoms with Gasteiger partial charge in [-0.2, -0.15) is 30.7 Å². The number of anilines is 1. The molecule has 18 heteroatoms. The highest BCUT2D eigenvalue weighted by atomic mass is 19.4. The minimum Gasteiger partial charge on any atom is -0.509 e. The molecular weight excluding hydrogens is 710 g/mol. The Hall–Kier alpha value is -4.81. The molecular formula is C34H33F8N5O5. The number of carbonyl (C=O) groups is 2. The van der Waals surface area contributed by atoms with Gasteiger partial charge in [0, 0.05) is 55.3 Å². The van der Waals surface area contributed by atoms with Crippen LogP contribution in [0.25, 0.3) is 11.1 Å². The van der Waals surface area contributed by atoms with Crippen LogP contribution in [0.3, 0.4) is 0 Å². The lowest BCUT2D eigenvalue weighted by atomic mass is 9.93. The Morgan fingerprint density at radius 2 is 1.69 bits per heavy atom. The van der Waals surface area contributed by atoms with Crippen LogP contribution in [0, 0.1) is 11.6 Å². The number of aliphatic hydroxyl groups excluding tert-OH is 1. The third-order valence-electron chi connectivity index (χ3n) is 8.84. The van der Waals surface area contributed by atoms with Crippen LogP contribution in [0.4, 0.5) is 40.8 Å². The number of benzene rings is 2. The average Bonchev–Trinajstić information content (AvgIpc) is 3.08. The fraction of sp³-hybridized carbons (Fsp3) is 0.382. The summed E-state index contributed by atoms with van der Waals surface area (Å²) >= 11 is 0. The topological polar surface area (TPSA) is 107 Å². The van der Waals surface area contributed by atoms with E-state index in [1.807, 2.05) is 4.90 Å². The summed E-state index contributed by atoms with van der Waals surface area (Å²) in [6, 6.07) is 5.80. The zero-order valence-corrected chi connectivity index (χ0v) is 28.0. The Morgan fingerprint density at radius 1 is 1.00 bits per heavy atom. The zero-order valence-electron chi connectivity index (χ0n) is 28.0. The summed E-state index contributed by atoms with van der Waals surface area (Å²) in [4.78, 5) is 32.8. The lowest BCUT2D eigenvalue weighted by Crippen LogP contribution is -2.60. The first-order chi connectivity index (χ1) is 24.3. The van der Waals surface area contributed by atoms with Crippen LogP contribution in [-0.2, 0) is 33.2 Å². The summed E-state index contributed by atoms with van der Waals surface area (Å²) < 4.78 is 121. The van der Waals surface area contributed by atoms with Gasteiger partial charge in [0.05, 0.1) is 30.9 Å². The van der Waals surface area contributed by atoms with Crippen molar-refractivity contribution in [1.82, 2.24) is 19.9 Å². The number of hydrogen-bond donors (Lipinski definition) is 2. The van der Waals surface area contributed by atoms with E-state index in [2.05, 4.69) is 10.3 Å². The van der Waals surface area contributed by atoms with Gasteiger partial charge in [0.1, 0.15) is 23.6 Å². The number of ether oxygens (including phenoxy) is 2. The molecule has 3 heterocycles. The van der Waals surface area contributed by atoms with Crippen LogP contribution >= 0.6 is 0 Å². The second-order valence-electron chi connectivity index (χ2n) is 12.5. The Bertz CT molecular complexity index is 1860. The first-order valence-electron chi connectivity index (χ1n) is 15.8. The van der Waals surface area contributed by atoms with Gasteiger partial charge in [-0.25, -0.2) is 9.40 Å². The summed E-state index contributed by atoms with van der Waals surface area (Å²) in [6.45, 7) is 5.14. The molecule has 1 saturated heterocycles. The van der Waals surface area contributed by atoms with E-state index in [0.29, 0.717) is 57.2 Å². The number of rotatable bonds is 9. The van der Waals surface area contributed by atoms with Crippen LogP contribution in [0.15, 0.2) is 60.0 Å². The molecule has 52 heavy (non-hydrogen) atoms. The van der Waals surface area contributed by atoms with Gasteiger partial charge in [0.2, 0.25) is 5.82 Å². The molecule has 2 amide bonds. The van der Waals surface area contributed by atoms with Crippen LogP contribution in [0.2, 0.25) is 0 Å². The Balaban J connectivity index is 1.41. The summed E-state index contributed by atoms with van der Waals surface area (Å²) in [5.74, 6) is -6.23. The van der Waals surface area contributed by atoms with Crippen molar-refractivity contribution >= 4 is 17.5 Å². The maximum Gasteiger partial charge on any atom is 0.433 e. The number of amides is 2. The number of hydrogen-bond acceptors (Lipinski definition) is 8. The number of alkyl halides is 6. The van der Waals surface area contributed by atoms with E-state index in [4.69, 9.17) is 9.47 Å². The molecule has 0 unspecified atom stereocenters. The third-order valence-corrected chi connectivity index (χ3v) is 8.84. The number of hydrazine groups is 1. The van der Waals surface area contributed by atoms with Gasteiger partial charge in [-0.05, 0) is 44.2 Å². The Morgan fingerprint density at radius 3 is 2.31 bits per heavy atom. The Kier molecular flexibility index (Phi) is 10.8. The number of pyridine rings is 1. The lowest BCUT2D eigenvalue weighted by Gasteiger charge is -2.46. The van der Waals surface area contributed by atoms with Crippen molar-refractivity contribution < 1.29 is 59.3 Å². The smallest absolute Gasteiger partial charge is 0.433 e. The van der Waals surface area contributed by atoms with E-state index < -0.39 is 76.0 Å². The molecule has 2 N–H and O–H groups in total. The molecule has 2 aliphatic rings. The summed E-state index contributed by atoms with van der Waals surface area (Å²) in [5.41, 5.74) is -6.22. The summed E-state index contributed by atoms with van der Waals surface area (Å²) in [6.07, 6.45) is -9.05. The predicted molar refractivity (Wildman–Crippen MR) is 169 cm³/mol. The fourth-order valence-corrected chi connectivity index (χ4v) is 5.56. The third kappa shape index (κ3) is 7.98. The first-order valence-corrected chi connectivity index (χ1v) is 15.8. The molecule has 1 fully saturated rings. The maximum atomic E-state index is 15.4. The molecule has 0 aliphatic carbocycles. The second kappa shape index (κ2) is 14.7. The average molecular weight is 744 g/mol. The van der Waals surface area contributed by atoms with E-state index in [0.717, 1.165) is 17.1 Å². The molecule has 0 bridgehead atoms. The van der Waals surface area contributed by atoms with E-state index in [1.54, 1.807) is 0 Å². The zero-order chi connectivity index (χ0) is 38.2. The summed E-state index contributed by atoms with van der Waals surface area (Å²) in [7, 11) is 1.35. The number of likely N-dealkylation sites (N-methyl/N-ethyl adjacent to an activating group) is 1. The monoisotopic (exact) mass is 743 g/mol. The van der Waals surface area contributed by atoms with Crippen LogP contribution in [-0.4, -0.2) is 88.9 Å². The van der Waals surface area contributed by atoms with E-state index in [9.17, 15) is 41.0 Å². The van der Waals surface area contributed by atoms with Crippen LogP contribution < -0.4 is 10.1 Å². The molecule has 10 nitrogen and oxygen atoms in total. The molecule has 3 aromatic rings. The highest BCUT2D eigenvalue weighted by molar-refractivity contribution is 6.24. The highest BCUT2D eigenvalue weighted by Crippen LogP contribution is 2.39. The number of carbonyl (C=O) groups excluding carboxylic acids is 2. The number of nitrogens with zero attached hydrogens (tertiary/aromatic N) is 4. The van der Waals surface area contributed by atoms with Crippen molar-refractivity contribution in [3.05, 3.63) is 88.4 Å². The predicted octanol–water partition coefficient (Wildman–Crippen LogP) is 6.19. The quantitative estimate of drug-likeness (QED) is 0.198. The fourth-order valence-electron chi connectivity index (χ4n) is 5.56.